The van der Waals surface area contributed by atoms with Crippen molar-refractivity contribution < 1.29 is 42.5 Å². The van der Waals surface area contributed by atoms with E-state index in [4.69, 9.17) is 23.7 Å². The number of hydrogen-bond donors (Lipinski definition) is 3. The number of ether oxygens (including phenoxy) is 3. The Hall–Kier alpha value is -5.46. The molecule has 2 unspecified atom stereocenters. The quantitative estimate of drug-likeness (QED) is 0.0693. The number of fused-ring (bicyclic) bond motifs is 1. The van der Waals surface area contributed by atoms with Gasteiger partial charge in [-0.2, -0.15) is 0 Å². The van der Waals surface area contributed by atoms with Gasteiger partial charge in [-0.3, -0.25) is 14.2 Å². The number of aldehydes is 1. The lowest BCUT2D eigenvalue weighted by Gasteiger charge is -2.36. The Morgan fingerprint density at radius 3 is 2.26 bits per heavy atom. The smallest absolute Gasteiger partial charge is 0.408 e. The Balaban J connectivity index is 1.36. The van der Waals surface area contributed by atoms with E-state index in [0.717, 1.165) is 31.2 Å². The zero-order valence-corrected chi connectivity index (χ0v) is 36.7. The second kappa shape index (κ2) is 19.9. The number of aromatic nitrogens is 1. The number of carbonyl (C=O) groups excluding carboxylic acids is 4. The number of benzene rings is 3. The van der Waals surface area contributed by atoms with Crippen molar-refractivity contribution in [3.63, 3.8) is 0 Å². The summed E-state index contributed by atoms with van der Waals surface area (Å²) in [6.07, 6.45) is 3.22. The molecule has 1 saturated carbocycles. The highest BCUT2D eigenvalue weighted by Crippen LogP contribution is 2.49. The van der Waals surface area contributed by atoms with E-state index in [9.17, 15) is 23.7 Å². The van der Waals surface area contributed by atoms with Gasteiger partial charge in [0.25, 0.3) is 0 Å². The Kier molecular flexibility index (Phi) is 14.7. The van der Waals surface area contributed by atoms with Crippen molar-refractivity contribution in [2.45, 2.75) is 116 Å². The van der Waals surface area contributed by atoms with Gasteiger partial charge >= 0.3 is 13.6 Å². The largest absolute Gasteiger partial charge is 0.497 e. The van der Waals surface area contributed by atoms with Gasteiger partial charge in [-0.1, -0.05) is 82.6 Å². The van der Waals surface area contributed by atoms with Gasteiger partial charge in [0.2, 0.25) is 11.8 Å². The van der Waals surface area contributed by atoms with Crippen molar-refractivity contribution in [3.8, 4) is 28.5 Å². The van der Waals surface area contributed by atoms with Crippen LogP contribution in [0.1, 0.15) is 79.6 Å². The van der Waals surface area contributed by atoms with E-state index in [2.05, 4.69) is 15.7 Å². The predicted octanol–water partition coefficient (Wildman–Crippen LogP) is 8.03. The molecular weight excluding hydrogens is 798 g/mol. The number of amides is 3. The molecule has 0 bridgehead atoms. The zero-order chi connectivity index (χ0) is 43.7. The Labute approximate surface area is 358 Å². The second-order valence-electron chi connectivity index (χ2n) is 16.9. The third-order valence-corrected chi connectivity index (χ3v) is 13.5. The zero-order valence-electron chi connectivity index (χ0n) is 35.8. The van der Waals surface area contributed by atoms with Gasteiger partial charge in [0.1, 0.15) is 53.6 Å². The van der Waals surface area contributed by atoms with Crippen molar-refractivity contribution in [1.29, 1.82) is 0 Å². The Bertz CT molecular complexity index is 2200. The highest BCUT2D eigenvalue weighted by molar-refractivity contribution is 7.58. The average Bonchev–Trinajstić information content (AvgIpc) is 3.92. The predicted molar refractivity (Wildman–Crippen MR) is 234 cm³/mol. The van der Waals surface area contributed by atoms with Crippen molar-refractivity contribution in [2.24, 2.45) is 5.41 Å². The minimum absolute atomic E-state index is 0.0134. The first kappa shape index (κ1) is 45.1. The molecule has 3 amide bonds. The average molecular weight is 856 g/mol. The lowest BCUT2D eigenvalue weighted by Crippen LogP contribution is -2.58. The molecule has 3 aromatic carbocycles. The Morgan fingerprint density at radius 1 is 0.934 bits per heavy atom. The van der Waals surface area contributed by atoms with Crippen LogP contribution in [-0.4, -0.2) is 83.8 Å². The lowest BCUT2D eigenvalue weighted by atomic mass is 9.85. The van der Waals surface area contributed by atoms with Crippen molar-refractivity contribution >= 4 is 42.6 Å². The number of likely N-dealkylation sites (tertiary alicyclic amines) is 1. The third-order valence-electron chi connectivity index (χ3n) is 11.0. The van der Waals surface area contributed by atoms with Gasteiger partial charge in [-0.25, -0.2) is 14.9 Å². The summed E-state index contributed by atoms with van der Waals surface area (Å²) in [4.78, 5) is 61.2. The molecule has 61 heavy (non-hydrogen) atoms. The fourth-order valence-corrected chi connectivity index (χ4v) is 10.1. The number of para-hydroxylation sites is 1. The number of nitrogens with zero attached hydrogens (tertiary/aromatic N) is 2. The number of carbonyl (C=O) groups is 4. The second-order valence-corrected chi connectivity index (χ2v) is 19.1. The summed E-state index contributed by atoms with van der Waals surface area (Å²) in [5.74, 6) is -0.781. The molecule has 2 heterocycles. The van der Waals surface area contributed by atoms with E-state index in [-0.39, 0.29) is 25.5 Å². The maximum absolute atomic E-state index is 14.9. The summed E-state index contributed by atoms with van der Waals surface area (Å²) < 4.78 is 39.0. The van der Waals surface area contributed by atoms with Crippen LogP contribution in [0.2, 0.25) is 0 Å². The number of methoxy groups -OCH3 is 1. The standard InChI is InChI=1S/C46H58N5O9P/c1-7-16-41(61(56,50-30(2)29-52)60-33-21-12-9-13-22-33)48-43(53)39-26-35(28-51(39)44(54)42(46(3,4)5)49-45(55)59-32-19-14-15-20-32)58-40-27-37(31-17-10-8-11-18-31)47-38-25-34(57-6)23-24-36(38)40/h8-13,17-18,21-25,27,29-30,32,35,39,41-42H,7,14-16,19-20,26,28H2,1-6H3,(H,48,53)(H,49,55)(H,50,56)/t30-,35+,39-,41?,42+,61?/m0/s1. The summed E-state index contributed by atoms with van der Waals surface area (Å²) in [5, 5.41) is 9.35. The molecule has 1 saturated heterocycles. The summed E-state index contributed by atoms with van der Waals surface area (Å²) in [5.41, 5.74) is 1.35. The van der Waals surface area contributed by atoms with E-state index in [1.54, 1.807) is 44.4 Å². The number of alkyl carbamates (subject to hydrolysis) is 1. The minimum Gasteiger partial charge on any atom is -0.497 e. The highest BCUT2D eigenvalue weighted by atomic mass is 31.2. The van der Waals surface area contributed by atoms with Gasteiger partial charge in [-0.05, 0) is 68.7 Å². The molecule has 1 aliphatic carbocycles. The maximum atomic E-state index is 14.9. The van der Waals surface area contributed by atoms with Gasteiger partial charge < -0.3 is 39.1 Å². The number of rotatable bonds is 17. The molecular formula is C46H58N5O9P. The monoisotopic (exact) mass is 855 g/mol. The van der Waals surface area contributed by atoms with Crippen LogP contribution in [0.15, 0.2) is 84.9 Å². The number of pyridine rings is 1. The number of hydrogen-bond acceptors (Lipinski definition) is 10. The third kappa shape index (κ3) is 11.3. The molecule has 14 nitrogen and oxygen atoms in total. The van der Waals surface area contributed by atoms with Crippen LogP contribution in [0.4, 0.5) is 4.79 Å². The Morgan fingerprint density at radius 2 is 1.62 bits per heavy atom. The van der Waals surface area contributed by atoms with E-state index < -0.39 is 60.9 Å². The highest BCUT2D eigenvalue weighted by Gasteiger charge is 2.48. The normalized spacial score (nSPS) is 19.3. The molecule has 1 aromatic heterocycles. The van der Waals surface area contributed by atoms with Crippen LogP contribution >= 0.6 is 7.52 Å². The fourth-order valence-electron chi connectivity index (χ4n) is 7.83. The van der Waals surface area contributed by atoms with Crippen LogP contribution < -0.4 is 29.7 Å². The SMILES string of the molecule is CCCC(NC(=O)[C@@H]1C[C@@H](Oc2cc(-c3ccccc3)nc3cc(OC)ccc23)CN1C(=O)[C@@H](NC(=O)OC1CCCC1)C(C)(C)C)P(=O)(N[C@@H](C)C=O)Oc1ccccc1. The van der Waals surface area contributed by atoms with Crippen LogP contribution in [0.25, 0.3) is 22.2 Å². The summed E-state index contributed by atoms with van der Waals surface area (Å²) in [6, 6.07) is 22.5. The molecule has 1 aliphatic heterocycles. The molecule has 0 spiro atoms. The van der Waals surface area contributed by atoms with Gasteiger partial charge in [0.05, 0.1) is 30.9 Å². The molecule has 4 aromatic rings. The first-order valence-corrected chi connectivity index (χ1v) is 22.8. The van der Waals surface area contributed by atoms with Gasteiger partial charge in [0.15, 0.2) is 0 Å². The number of nitrogens with one attached hydrogen (secondary N) is 3. The molecule has 2 aliphatic rings. The van der Waals surface area contributed by atoms with Crippen LogP contribution in [-0.2, 0) is 23.7 Å². The fraction of sp³-hybridized carbons (Fsp3) is 0.457. The van der Waals surface area contributed by atoms with Crippen LogP contribution in [0.3, 0.4) is 0 Å². The van der Waals surface area contributed by atoms with Crippen LogP contribution in [0, 0.1) is 5.41 Å². The molecule has 0 radical (unpaired) electrons. The summed E-state index contributed by atoms with van der Waals surface area (Å²) in [7, 11) is -2.45. The molecule has 6 rings (SSSR count). The first-order valence-electron chi connectivity index (χ1n) is 21.1. The first-order chi connectivity index (χ1) is 29.2. The van der Waals surface area contributed by atoms with Crippen molar-refractivity contribution in [3.05, 3.63) is 84.9 Å². The van der Waals surface area contributed by atoms with E-state index >= 15 is 0 Å². The van der Waals surface area contributed by atoms with Crippen LogP contribution in [0.5, 0.6) is 17.2 Å². The van der Waals surface area contributed by atoms with E-state index in [1.165, 1.54) is 4.90 Å². The topological polar surface area (TPSA) is 174 Å². The van der Waals surface area contributed by atoms with E-state index in [0.29, 0.717) is 46.6 Å². The molecule has 326 valence electrons. The van der Waals surface area contributed by atoms with Crippen molar-refractivity contribution in [2.75, 3.05) is 13.7 Å². The summed E-state index contributed by atoms with van der Waals surface area (Å²) >= 11 is 0. The maximum Gasteiger partial charge on any atom is 0.408 e. The van der Waals surface area contributed by atoms with Gasteiger partial charge in [-0.15, -0.1) is 0 Å². The lowest BCUT2D eigenvalue weighted by molar-refractivity contribution is -0.142. The van der Waals surface area contributed by atoms with E-state index in [1.807, 2.05) is 82.3 Å². The summed E-state index contributed by atoms with van der Waals surface area (Å²) in [6.45, 7) is 8.93. The molecule has 6 atom stereocenters. The minimum atomic E-state index is -4.04. The molecule has 2 fully saturated rings. The van der Waals surface area contributed by atoms with Gasteiger partial charge in [0, 0.05) is 29.5 Å². The molecule has 3 N–H and O–H groups in total. The molecule has 15 heteroatoms. The van der Waals surface area contributed by atoms with Crippen molar-refractivity contribution in [1.82, 2.24) is 25.6 Å².